The second-order valence-corrected chi connectivity index (χ2v) is 38.4. The van der Waals surface area contributed by atoms with Crippen LogP contribution < -0.4 is 43.0 Å². The normalized spacial score (nSPS) is 15.3. The summed E-state index contributed by atoms with van der Waals surface area (Å²) in [4.78, 5) is 257. The van der Waals surface area contributed by atoms with Crippen LogP contribution in [0.5, 0.6) is 5.75 Å². The highest BCUT2D eigenvalue weighted by atomic mass is 33.1. The summed E-state index contributed by atoms with van der Waals surface area (Å²) in [6, 6.07) is 14.8. The lowest BCUT2D eigenvalue weighted by atomic mass is 9.82. The van der Waals surface area contributed by atoms with Crippen molar-refractivity contribution >= 4 is 146 Å². The van der Waals surface area contributed by atoms with Crippen LogP contribution in [0.1, 0.15) is 234 Å². The maximum atomic E-state index is 15.1. The third-order valence-corrected chi connectivity index (χ3v) is 26.9. The minimum Gasteiger partial charge on any atom is -0.508 e. The predicted octanol–water partition coefficient (Wildman–Crippen LogP) is 8.32. The number of unbranched alkanes of at least 4 members (excludes halogenated alkanes) is 3. The molecule has 0 saturated carbocycles. The number of hydrogen-bond donors (Lipinski definition) is 13. The van der Waals surface area contributed by atoms with Gasteiger partial charge in [0.1, 0.15) is 40.9 Å². The molecular formula is C96H135N11O28S3. The van der Waals surface area contributed by atoms with Gasteiger partial charge in [-0.3, -0.25) is 86.4 Å². The van der Waals surface area contributed by atoms with E-state index in [1.54, 1.807) is 79.7 Å². The Morgan fingerprint density at radius 3 is 1.90 bits per heavy atom. The van der Waals surface area contributed by atoms with Crippen molar-refractivity contribution in [2.75, 3.05) is 51.5 Å². The number of carbonyl (C=O) groups is 19. The zero-order chi connectivity index (χ0) is 102. The van der Waals surface area contributed by atoms with Gasteiger partial charge in [0.2, 0.25) is 29.5 Å². The van der Waals surface area contributed by atoms with Crippen molar-refractivity contribution in [2.45, 2.75) is 270 Å². The zero-order valence-corrected chi connectivity index (χ0v) is 82.0. The summed E-state index contributed by atoms with van der Waals surface area (Å²) in [5.41, 5.74) is 8.23. The SMILES string of the molecule is CCCC(=O)OCN(C(=O)[C@@H](CC(=O)[C@H]1CCCCN1C)C(C)CC)[C@H](C[C@@H](OC(C)=O)c1nc(C(=O)N[C@@H](Cc2ccc(O)cc2)C[C@H](C)C(=O)CCC(=O)OCCSSC[C@H](CC(=O)[C@H](CC(=O)O)NC(=O)[C@@H](N)CNC(=O)[C@@H](CC(=O)[C@H](Cc2ccccc2)NC(=O)CCCCCCNC(=O)CC[C@H](NC(=O)N[C@@H](CCC(=O)O)OC=O)C(=O)O)Cc2ccccc2)C(=O)O)cs1)C(C)C. The van der Waals surface area contributed by atoms with Gasteiger partial charge >= 0.3 is 47.8 Å². The number of nitrogens with zero attached hydrogens (tertiary/aromatic N) is 3. The van der Waals surface area contributed by atoms with Gasteiger partial charge in [0.25, 0.3) is 12.4 Å². The summed E-state index contributed by atoms with van der Waals surface area (Å²) in [5, 5.41) is 68.0. The first-order valence-electron chi connectivity index (χ1n) is 46.6. The fourth-order valence-corrected chi connectivity index (χ4v) is 18.4. The van der Waals surface area contributed by atoms with E-state index in [0.29, 0.717) is 61.6 Å². The van der Waals surface area contributed by atoms with Crippen LogP contribution in [0, 0.1) is 35.5 Å². The third kappa shape index (κ3) is 44.4. The molecule has 1 fully saturated rings. The van der Waals surface area contributed by atoms with E-state index in [9.17, 15) is 107 Å². The molecule has 3 aromatic carbocycles. The number of likely N-dealkylation sites (tertiary alicyclic amines) is 1. The number of nitrogens with two attached hydrogens (primary N) is 1. The van der Waals surface area contributed by atoms with Crippen molar-refractivity contribution < 1.29 is 136 Å². The van der Waals surface area contributed by atoms with Gasteiger partial charge in [-0.1, -0.05) is 162 Å². The number of ketones is 4. The number of phenolic OH excluding ortho intramolecular Hbond substituents is 1. The summed E-state index contributed by atoms with van der Waals surface area (Å²) in [6.45, 7) is 12.0. The van der Waals surface area contributed by atoms with Gasteiger partial charge in [0.15, 0.2) is 36.4 Å². The fourth-order valence-electron chi connectivity index (χ4n) is 15.5. The molecule has 0 aliphatic carbocycles. The maximum Gasteiger partial charge on any atom is 0.326 e. The van der Waals surface area contributed by atoms with Gasteiger partial charge in [0.05, 0.1) is 43.3 Å². The first kappa shape index (κ1) is 117. The number of amides is 8. The van der Waals surface area contributed by atoms with Crippen molar-refractivity contribution in [1.82, 2.24) is 52.0 Å². The molecule has 0 bridgehead atoms. The number of ether oxygens (including phenoxy) is 4. The minimum atomic E-state index is -1.77. The number of likely N-dealkylation sites (N-methyl/N-ethyl adjacent to an activating group) is 1. The summed E-state index contributed by atoms with van der Waals surface area (Å²) in [5.74, 6) is -17.9. The molecule has 8 amide bonds. The van der Waals surface area contributed by atoms with Crippen LogP contribution in [0.15, 0.2) is 90.3 Å². The maximum absolute atomic E-state index is 15.1. The van der Waals surface area contributed by atoms with E-state index in [1.807, 2.05) is 46.6 Å². The first-order valence-corrected chi connectivity index (χ1v) is 50.0. The number of urea groups is 1. The number of piperidine rings is 1. The van der Waals surface area contributed by atoms with Crippen LogP contribution >= 0.6 is 32.9 Å². The van der Waals surface area contributed by atoms with Crippen molar-refractivity contribution in [3.63, 3.8) is 0 Å². The van der Waals surface area contributed by atoms with Crippen molar-refractivity contribution in [3.05, 3.63) is 118 Å². The van der Waals surface area contributed by atoms with Gasteiger partial charge in [-0.2, -0.15) is 0 Å². The minimum absolute atomic E-state index is 0.00165. The second kappa shape index (κ2) is 63.0. The molecule has 14 N–H and O–H groups in total. The number of rotatable bonds is 69. The third-order valence-electron chi connectivity index (χ3n) is 23.5. The summed E-state index contributed by atoms with van der Waals surface area (Å²) in [6.07, 6.45) is -0.649. The van der Waals surface area contributed by atoms with E-state index in [2.05, 4.69) is 46.9 Å². The number of aromatic hydroxyl groups is 1. The molecule has 5 rings (SSSR count). The zero-order valence-electron chi connectivity index (χ0n) is 79.5. The van der Waals surface area contributed by atoms with Gasteiger partial charge < -0.3 is 92.3 Å². The highest BCUT2D eigenvalue weighted by Gasteiger charge is 2.41. The molecule has 760 valence electrons. The number of thiazole rings is 1. The smallest absolute Gasteiger partial charge is 0.326 e. The largest absolute Gasteiger partial charge is 0.508 e. The summed E-state index contributed by atoms with van der Waals surface area (Å²) < 4.78 is 21.7. The Morgan fingerprint density at radius 2 is 1.28 bits per heavy atom. The molecular weight excluding hydrogens is 1850 g/mol. The van der Waals surface area contributed by atoms with E-state index < -0.39 is 200 Å². The summed E-state index contributed by atoms with van der Waals surface area (Å²) in [7, 11) is 4.01. The summed E-state index contributed by atoms with van der Waals surface area (Å²) >= 11 is 1.04. The lowest BCUT2D eigenvalue weighted by Gasteiger charge is -2.39. The predicted molar refractivity (Wildman–Crippen MR) is 510 cm³/mol. The van der Waals surface area contributed by atoms with Gasteiger partial charge in [-0.25, -0.2) is 14.6 Å². The van der Waals surface area contributed by atoms with Crippen molar-refractivity contribution in [2.24, 2.45) is 41.2 Å². The van der Waals surface area contributed by atoms with Crippen molar-refractivity contribution in [3.8, 4) is 5.75 Å². The van der Waals surface area contributed by atoms with E-state index in [1.165, 1.54) is 29.3 Å². The van der Waals surface area contributed by atoms with E-state index in [4.69, 9.17) is 25.1 Å². The Kier molecular flexibility index (Phi) is 53.2. The van der Waals surface area contributed by atoms with Crippen LogP contribution in [-0.2, 0) is 120 Å². The average molecular weight is 1990 g/mol. The molecule has 14 atom stereocenters. The first-order chi connectivity index (χ1) is 65.7. The number of Topliss-reactive ketones (excluding diaryl/α,β-unsaturated/α-hetero) is 4. The number of esters is 3. The second-order valence-electron chi connectivity index (χ2n) is 34.8. The lowest BCUT2D eigenvalue weighted by Crippen LogP contribution is -2.53. The quantitative estimate of drug-likeness (QED) is 0.00493. The lowest BCUT2D eigenvalue weighted by molar-refractivity contribution is -0.162. The highest BCUT2D eigenvalue weighted by molar-refractivity contribution is 8.76. The molecule has 1 saturated heterocycles. The van der Waals surface area contributed by atoms with E-state index in [-0.39, 0.29) is 166 Å². The number of carboxylic acid groups (broad SMARTS) is 4. The van der Waals surface area contributed by atoms with Gasteiger partial charge in [-0.05, 0) is 118 Å². The Labute approximate surface area is 815 Å². The molecule has 2 heterocycles. The van der Waals surface area contributed by atoms with Crippen LogP contribution in [0.25, 0.3) is 0 Å². The number of hydrogen-bond acceptors (Lipinski definition) is 30. The molecule has 0 radical (unpaired) electrons. The number of benzene rings is 3. The molecule has 1 aromatic heterocycles. The number of aliphatic carboxylic acids is 4. The monoisotopic (exact) mass is 1990 g/mol. The van der Waals surface area contributed by atoms with E-state index >= 15 is 4.79 Å². The molecule has 42 heteroatoms. The van der Waals surface area contributed by atoms with Crippen LogP contribution in [0.2, 0.25) is 0 Å². The molecule has 1 aliphatic heterocycles. The standard InChI is InChI=1S/C96H135N11O28S3/c1-9-23-87(121)133-56-107(93(126)69(59(5)10-2)50-80(114)75-28-20-22-41-106(75)8)76(58(3)4)52-81(135-61(7)109)92-103-74(55-136-92)91(125)100-67(46-64-30-32-68(110)33-31-64)44-60(6)77(111)35-39-88(122)132-42-43-137-138-54-66(94(127)128)49-79(113)73(51-86(119)120)102-90(124)70(97)53-99-89(123)65(45-62-24-15-13-16-25-62)48-78(112)72(47-63-26-17-14-18-27-63)101-83(116)29-19-11-12-21-40-98-82(115)36-34-71(95(129)130)104-96(131)105-84(134-57-108)37-38-85(117)118/h13-18,24-27,30-33,55,57-60,65-67,69-73,75-76,81,84,110H,9-12,19-23,28-29,34-54,56,97H2,1-8H3,(H,98,115)(H,99,123)(H,100,125)(H,101,116)(H,102,124)(H,117,118)(H,119,120)(H,127,128)(H,129,130)(H2,104,105,131)/t59?,60-,65+,66-,67+,69-,70-,71-,72-,73-,75+,76+,81+,84+/m0/s1. The fraction of sp³-hybridized carbons (Fsp3) is 0.583. The van der Waals surface area contributed by atoms with Crippen LogP contribution in [0.3, 0.4) is 0 Å². The van der Waals surface area contributed by atoms with Crippen LogP contribution in [0.4, 0.5) is 4.79 Å². The Balaban J connectivity index is 1.11. The Morgan fingerprint density at radius 1 is 0.623 bits per heavy atom. The molecule has 39 nitrogen and oxygen atoms in total. The van der Waals surface area contributed by atoms with Gasteiger partial charge in [-0.15, -0.1) is 11.3 Å². The van der Waals surface area contributed by atoms with Crippen molar-refractivity contribution in [1.29, 1.82) is 0 Å². The van der Waals surface area contributed by atoms with E-state index in [0.717, 1.165) is 52.3 Å². The number of carboxylic acids is 4. The molecule has 0 spiro atoms. The number of aromatic nitrogens is 1. The molecule has 1 unspecified atom stereocenters. The van der Waals surface area contributed by atoms with Crippen LogP contribution in [-0.4, -0.2) is 253 Å². The highest BCUT2D eigenvalue weighted by Crippen LogP contribution is 2.35. The Bertz CT molecular complexity index is 4670. The molecule has 1 aliphatic rings. The number of nitrogens with one attached hydrogen (secondary N) is 7. The number of carbonyl (C=O) groups excluding carboxylic acids is 15. The molecule has 4 aromatic rings. The van der Waals surface area contributed by atoms with Gasteiger partial charge in [0, 0.05) is 125 Å². The average Bonchev–Trinajstić information content (AvgIpc) is 1.20. The topological polar surface area (TPSA) is 592 Å². The Hall–Kier alpha value is -11.8. The molecule has 138 heavy (non-hydrogen) atoms. The number of phenols is 1.